The zero-order valence-electron chi connectivity index (χ0n) is 9.97. The highest BCUT2D eigenvalue weighted by molar-refractivity contribution is 7.98. The van der Waals surface area contributed by atoms with E-state index in [4.69, 9.17) is 21.9 Å². The zero-order valence-corrected chi connectivity index (χ0v) is 11.5. The fraction of sp³-hybridized carbons (Fsp3) is 0.333. The van der Waals surface area contributed by atoms with Crippen molar-refractivity contribution in [3.8, 4) is 11.4 Å². The van der Waals surface area contributed by atoms with Gasteiger partial charge in [-0.25, -0.2) is 0 Å². The monoisotopic (exact) mass is 283 g/mol. The van der Waals surface area contributed by atoms with Crippen LogP contribution in [0, 0.1) is 0 Å². The third-order valence-corrected chi connectivity index (χ3v) is 3.48. The number of benzene rings is 1. The largest absolute Gasteiger partial charge is 0.337 e. The molecular formula is C12H14ClN3OS. The van der Waals surface area contributed by atoms with Crippen LogP contribution in [0.2, 0.25) is 5.02 Å². The number of thioether (sulfide) groups is 1. The van der Waals surface area contributed by atoms with E-state index in [0.29, 0.717) is 16.7 Å². The Morgan fingerprint density at radius 1 is 1.44 bits per heavy atom. The van der Waals surface area contributed by atoms with Crippen molar-refractivity contribution in [2.24, 2.45) is 5.73 Å². The van der Waals surface area contributed by atoms with Crippen LogP contribution in [0.5, 0.6) is 0 Å². The van der Waals surface area contributed by atoms with Crippen LogP contribution >= 0.6 is 23.4 Å². The van der Waals surface area contributed by atoms with Crippen molar-refractivity contribution in [3.05, 3.63) is 35.2 Å². The van der Waals surface area contributed by atoms with Gasteiger partial charge in [0.2, 0.25) is 11.7 Å². The van der Waals surface area contributed by atoms with Gasteiger partial charge in [0.1, 0.15) is 0 Å². The van der Waals surface area contributed by atoms with Crippen LogP contribution in [0.15, 0.2) is 28.8 Å². The first kappa shape index (κ1) is 13.4. The molecule has 0 spiro atoms. The van der Waals surface area contributed by atoms with Gasteiger partial charge in [0.25, 0.3) is 0 Å². The molecule has 4 nitrogen and oxygen atoms in total. The molecule has 1 heterocycles. The SMILES string of the molecule is CSCC[C@H](N)c1nc(-c2ccccc2Cl)no1. The maximum Gasteiger partial charge on any atom is 0.243 e. The zero-order chi connectivity index (χ0) is 13.0. The van der Waals surface area contributed by atoms with E-state index in [9.17, 15) is 0 Å². The molecule has 1 aromatic carbocycles. The third-order valence-electron chi connectivity index (χ3n) is 2.51. The number of halogens is 1. The Balaban J connectivity index is 2.18. The van der Waals surface area contributed by atoms with Gasteiger partial charge in [-0.05, 0) is 30.6 Å². The van der Waals surface area contributed by atoms with Gasteiger partial charge in [-0.1, -0.05) is 28.9 Å². The lowest BCUT2D eigenvalue weighted by molar-refractivity contribution is 0.353. The Morgan fingerprint density at radius 2 is 2.22 bits per heavy atom. The predicted molar refractivity (Wildman–Crippen MR) is 74.7 cm³/mol. The van der Waals surface area contributed by atoms with E-state index in [0.717, 1.165) is 17.7 Å². The highest BCUT2D eigenvalue weighted by Crippen LogP contribution is 2.26. The van der Waals surface area contributed by atoms with Crippen LogP contribution in [0.1, 0.15) is 18.4 Å². The van der Waals surface area contributed by atoms with Crippen molar-refractivity contribution < 1.29 is 4.52 Å². The van der Waals surface area contributed by atoms with Gasteiger partial charge in [-0.3, -0.25) is 0 Å². The van der Waals surface area contributed by atoms with Crippen molar-refractivity contribution >= 4 is 23.4 Å². The van der Waals surface area contributed by atoms with Crippen molar-refractivity contribution in [1.29, 1.82) is 0 Å². The van der Waals surface area contributed by atoms with Crippen molar-refractivity contribution in [3.63, 3.8) is 0 Å². The molecule has 0 aliphatic carbocycles. The Bertz CT molecular complexity index is 518. The number of hydrogen-bond acceptors (Lipinski definition) is 5. The summed E-state index contributed by atoms with van der Waals surface area (Å²) in [4.78, 5) is 4.30. The molecule has 2 rings (SSSR count). The van der Waals surface area contributed by atoms with E-state index < -0.39 is 0 Å². The minimum atomic E-state index is -0.221. The molecule has 2 aromatic rings. The van der Waals surface area contributed by atoms with Crippen LogP contribution in [-0.2, 0) is 0 Å². The Hall–Kier alpha value is -1.04. The molecule has 0 radical (unpaired) electrons. The molecular weight excluding hydrogens is 270 g/mol. The molecule has 6 heteroatoms. The first-order valence-electron chi connectivity index (χ1n) is 5.55. The lowest BCUT2D eigenvalue weighted by Crippen LogP contribution is -2.11. The molecule has 0 amide bonds. The number of rotatable bonds is 5. The summed E-state index contributed by atoms with van der Waals surface area (Å²) < 4.78 is 5.18. The minimum absolute atomic E-state index is 0.221. The molecule has 0 bridgehead atoms. The van der Waals surface area contributed by atoms with E-state index in [-0.39, 0.29) is 6.04 Å². The lowest BCUT2D eigenvalue weighted by Gasteiger charge is -2.03. The molecule has 0 aliphatic rings. The Labute approximate surface area is 115 Å². The van der Waals surface area contributed by atoms with Crippen LogP contribution in [0.3, 0.4) is 0 Å². The maximum absolute atomic E-state index is 6.07. The molecule has 0 unspecified atom stereocenters. The van der Waals surface area contributed by atoms with Gasteiger partial charge in [-0.15, -0.1) is 0 Å². The highest BCUT2D eigenvalue weighted by Gasteiger charge is 2.16. The number of hydrogen-bond donors (Lipinski definition) is 1. The molecule has 96 valence electrons. The van der Waals surface area contributed by atoms with Crippen molar-refractivity contribution in [1.82, 2.24) is 10.1 Å². The quantitative estimate of drug-likeness (QED) is 0.913. The summed E-state index contributed by atoms with van der Waals surface area (Å²) in [6.45, 7) is 0. The molecule has 0 saturated carbocycles. The number of nitrogens with zero attached hydrogens (tertiary/aromatic N) is 2. The summed E-state index contributed by atoms with van der Waals surface area (Å²) in [5.74, 6) is 1.90. The second-order valence-corrected chi connectivity index (χ2v) is 5.22. The first-order chi connectivity index (χ1) is 8.72. The fourth-order valence-corrected chi connectivity index (χ4v) is 2.22. The van der Waals surface area contributed by atoms with E-state index in [1.807, 2.05) is 24.5 Å². The summed E-state index contributed by atoms with van der Waals surface area (Å²) in [5.41, 5.74) is 6.72. The summed E-state index contributed by atoms with van der Waals surface area (Å²) >= 11 is 7.81. The van der Waals surface area contributed by atoms with Gasteiger partial charge in [0.05, 0.1) is 11.1 Å². The molecule has 2 N–H and O–H groups in total. The van der Waals surface area contributed by atoms with Gasteiger partial charge < -0.3 is 10.3 Å². The molecule has 18 heavy (non-hydrogen) atoms. The van der Waals surface area contributed by atoms with Gasteiger partial charge in [0.15, 0.2) is 0 Å². The van der Waals surface area contributed by atoms with E-state index in [2.05, 4.69) is 10.1 Å². The average molecular weight is 284 g/mol. The Morgan fingerprint density at radius 3 is 2.94 bits per heavy atom. The molecule has 0 saturated heterocycles. The Kier molecular flexibility index (Phi) is 4.63. The smallest absolute Gasteiger partial charge is 0.243 e. The first-order valence-corrected chi connectivity index (χ1v) is 7.32. The minimum Gasteiger partial charge on any atom is -0.337 e. The number of nitrogens with two attached hydrogens (primary N) is 1. The summed E-state index contributed by atoms with van der Waals surface area (Å²) in [7, 11) is 0. The van der Waals surface area contributed by atoms with Gasteiger partial charge in [0, 0.05) is 5.56 Å². The second kappa shape index (κ2) is 6.22. The summed E-state index contributed by atoms with van der Waals surface area (Å²) in [5, 5.41) is 4.52. The summed E-state index contributed by atoms with van der Waals surface area (Å²) in [6.07, 6.45) is 2.85. The topological polar surface area (TPSA) is 64.9 Å². The van der Waals surface area contributed by atoms with Crippen molar-refractivity contribution in [2.45, 2.75) is 12.5 Å². The normalized spacial score (nSPS) is 12.6. The van der Waals surface area contributed by atoms with Crippen LogP contribution in [-0.4, -0.2) is 22.1 Å². The van der Waals surface area contributed by atoms with E-state index in [1.54, 1.807) is 17.8 Å². The van der Waals surface area contributed by atoms with Crippen LogP contribution < -0.4 is 5.73 Å². The third kappa shape index (κ3) is 3.04. The van der Waals surface area contributed by atoms with E-state index >= 15 is 0 Å². The van der Waals surface area contributed by atoms with Crippen molar-refractivity contribution in [2.75, 3.05) is 12.0 Å². The molecule has 1 atom stereocenters. The molecule has 1 aromatic heterocycles. The van der Waals surface area contributed by atoms with E-state index in [1.165, 1.54) is 0 Å². The predicted octanol–water partition coefficient (Wildman–Crippen LogP) is 3.14. The van der Waals surface area contributed by atoms with Gasteiger partial charge in [-0.2, -0.15) is 16.7 Å². The second-order valence-electron chi connectivity index (χ2n) is 3.82. The molecule has 0 fully saturated rings. The van der Waals surface area contributed by atoms with Crippen LogP contribution in [0.4, 0.5) is 0 Å². The average Bonchev–Trinajstić information content (AvgIpc) is 2.86. The standard InChI is InChI=1S/C12H14ClN3OS/c1-18-7-6-10(14)12-15-11(16-17-12)8-4-2-3-5-9(8)13/h2-5,10H,6-7,14H2,1H3/t10-/m0/s1. The maximum atomic E-state index is 6.07. The summed E-state index contributed by atoms with van der Waals surface area (Å²) in [6, 6.07) is 7.16. The van der Waals surface area contributed by atoms with Gasteiger partial charge >= 0.3 is 0 Å². The lowest BCUT2D eigenvalue weighted by atomic mass is 10.2. The fourth-order valence-electron chi connectivity index (χ4n) is 1.51. The van der Waals surface area contributed by atoms with Crippen LogP contribution in [0.25, 0.3) is 11.4 Å². The molecule has 0 aliphatic heterocycles. The number of aromatic nitrogens is 2. The highest BCUT2D eigenvalue weighted by atomic mass is 35.5.